The van der Waals surface area contributed by atoms with Gasteiger partial charge in [-0.1, -0.05) is 18.2 Å². The van der Waals surface area contributed by atoms with E-state index in [0.717, 1.165) is 22.2 Å². The summed E-state index contributed by atoms with van der Waals surface area (Å²) in [6, 6.07) is 13.0. The largest absolute Gasteiger partial charge is 0.394 e. The number of aromatic nitrogens is 1. The number of amides is 2. The number of nitrogens with zero attached hydrogens (tertiary/aromatic N) is 2. The van der Waals surface area contributed by atoms with Crippen molar-refractivity contribution in [1.82, 2.24) is 15.2 Å². The Labute approximate surface area is 185 Å². The first-order valence-electron chi connectivity index (χ1n) is 10.5. The zero-order valence-corrected chi connectivity index (χ0v) is 17.5. The third kappa shape index (κ3) is 4.81. The SMILES string of the molecule is O=C(C=Cc1c[nH]c2ccccc12)N[C@@H](CO)C(=O)N1CCN(c2ccc(F)cc2)CC1. The number of aliphatic hydroxyl groups is 1. The molecule has 0 bridgehead atoms. The van der Waals surface area contributed by atoms with Gasteiger partial charge in [-0.2, -0.15) is 0 Å². The number of para-hydroxylation sites is 1. The molecule has 1 aromatic heterocycles. The molecular formula is C24H25FN4O3. The summed E-state index contributed by atoms with van der Waals surface area (Å²) in [6.07, 6.45) is 4.84. The molecule has 166 valence electrons. The number of aliphatic hydroxyl groups excluding tert-OH is 1. The molecule has 1 saturated heterocycles. The lowest BCUT2D eigenvalue weighted by Crippen LogP contribution is -2.56. The highest BCUT2D eigenvalue weighted by Gasteiger charge is 2.28. The van der Waals surface area contributed by atoms with Crippen LogP contribution in [0.5, 0.6) is 0 Å². The number of fused-ring (bicyclic) bond motifs is 1. The zero-order chi connectivity index (χ0) is 22.5. The van der Waals surface area contributed by atoms with Gasteiger partial charge in [0.2, 0.25) is 11.8 Å². The predicted molar refractivity (Wildman–Crippen MR) is 122 cm³/mol. The van der Waals surface area contributed by atoms with E-state index in [0.29, 0.717) is 26.2 Å². The van der Waals surface area contributed by atoms with Crippen molar-refractivity contribution in [3.05, 3.63) is 72.2 Å². The number of H-pyrrole nitrogens is 1. The molecule has 3 N–H and O–H groups in total. The molecule has 0 aliphatic carbocycles. The molecule has 32 heavy (non-hydrogen) atoms. The minimum absolute atomic E-state index is 0.289. The molecule has 2 aromatic carbocycles. The molecule has 1 aliphatic rings. The van der Waals surface area contributed by atoms with Crippen LogP contribution >= 0.6 is 0 Å². The topological polar surface area (TPSA) is 88.7 Å². The van der Waals surface area contributed by atoms with Crippen LogP contribution in [-0.2, 0) is 9.59 Å². The molecule has 1 aliphatic heterocycles. The number of hydrogen-bond donors (Lipinski definition) is 3. The lowest BCUT2D eigenvalue weighted by molar-refractivity contribution is -0.137. The van der Waals surface area contributed by atoms with E-state index in [1.807, 2.05) is 30.5 Å². The van der Waals surface area contributed by atoms with Crippen molar-refractivity contribution < 1.29 is 19.1 Å². The van der Waals surface area contributed by atoms with Gasteiger partial charge >= 0.3 is 0 Å². The van der Waals surface area contributed by atoms with E-state index in [9.17, 15) is 19.1 Å². The summed E-state index contributed by atoms with van der Waals surface area (Å²) in [7, 11) is 0. The number of carbonyl (C=O) groups excluding carboxylic acids is 2. The van der Waals surface area contributed by atoms with E-state index in [1.54, 1.807) is 23.1 Å². The molecule has 2 amide bonds. The molecule has 1 fully saturated rings. The molecular weight excluding hydrogens is 411 g/mol. The van der Waals surface area contributed by atoms with Crippen molar-refractivity contribution in [3.63, 3.8) is 0 Å². The van der Waals surface area contributed by atoms with E-state index in [4.69, 9.17) is 0 Å². The van der Waals surface area contributed by atoms with Crippen LogP contribution in [-0.4, -0.2) is 65.6 Å². The Kier molecular flexibility index (Phi) is 6.51. The van der Waals surface area contributed by atoms with E-state index in [1.165, 1.54) is 18.2 Å². The maximum atomic E-state index is 13.1. The summed E-state index contributed by atoms with van der Waals surface area (Å²) in [4.78, 5) is 32.0. The van der Waals surface area contributed by atoms with Crippen molar-refractivity contribution in [2.24, 2.45) is 0 Å². The maximum absolute atomic E-state index is 13.1. The van der Waals surface area contributed by atoms with Gasteiger partial charge in [0, 0.05) is 55.0 Å². The monoisotopic (exact) mass is 436 g/mol. The van der Waals surface area contributed by atoms with Gasteiger partial charge in [0.25, 0.3) is 0 Å². The number of carbonyl (C=O) groups is 2. The van der Waals surface area contributed by atoms with Crippen LogP contribution in [0.3, 0.4) is 0 Å². The van der Waals surface area contributed by atoms with Crippen LogP contribution in [0.15, 0.2) is 60.8 Å². The summed E-state index contributed by atoms with van der Waals surface area (Å²) in [6.45, 7) is 1.60. The van der Waals surface area contributed by atoms with Crippen LogP contribution in [0.25, 0.3) is 17.0 Å². The van der Waals surface area contributed by atoms with Gasteiger partial charge in [0.05, 0.1) is 6.61 Å². The standard InChI is InChI=1S/C24H25FN4O3/c25-18-6-8-19(9-7-18)28-11-13-29(14-12-28)24(32)22(16-30)27-23(31)10-5-17-15-26-21-4-2-1-3-20(17)21/h1-10,15,22,26,30H,11-14,16H2,(H,27,31)/t22-/m0/s1. The molecule has 0 unspecified atom stereocenters. The molecule has 0 radical (unpaired) electrons. The van der Waals surface area contributed by atoms with E-state index in [2.05, 4.69) is 15.2 Å². The number of halogens is 1. The van der Waals surface area contributed by atoms with Crippen LogP contribution in [0.2, 0.25) is 0 Å². The lowest BCUT2D eigenvalue weighted by Gasteiger charge is -2.37. The first-order chi connectivity index (χ1) is 15.5. The molecule has 1 atom stereocenters. The number of nitrogens with one attached hydrogen (secondary N) is 2. The number of benzene rings is 2. The molecule has 0 saturated carbocycles. The lowest BCUT2D eigenvalue weighted by atomic mass is 10.1. The third-order valence-corrected chi connectivity index (χ3v) is 5.62. The number of anilines is 1. The second-order valence-electron chi connectivity index (χ2n) is 7.66. The van der Waals surface area contributed by atoms with Gasteiger partial charge in [0.1, 0.15) is 11.9 Å². The number of rotatable bonds is 6. The van der Waals surface area contributed by atoms with Crippen molar-refractivity contribution in [3.8, 4) is 0 Å². The van der Waals surface area contributed by atoms with E-state index in [-0.39, 0.29) is 11.7 Å². The van der Waals surface area contributed by atoms with Crippen molar-refractivity contribution in [2.45, 2.75) is 6.04 Å². The minimum atomic E-state index is -1.01. The van der Waals surface area contributed by atoms with Crippen molar-refractivity contribution in [2.75, 3.05) is 37.7 Å². The minimum Gasteiger partial charge on any atom is -0.394 e. The molecule has 4 rings (SSSR count). The Balaban J connectivity index is 1.32. The Hall–Kier alpha value is -3.65. The van der Waals surface area contributed by atoms with Gasteiger partial charge in [-0.05, 0) is 42.0 Å². The Morgan fingerprint density at radius 2 is 1.81 bits per heavy atom. The normalized spacial score (nSPS) is 15.3. The maximum Gasteiger partial charge on any atom is 0.247 e. The molecule has 8 heteroatoms. The average molecular weight is 436 g/mol. The van der Waals surface area contributed by atoms with Crippen LogP contribution in [0.4, 0.5) is 10.1 Å². The highest BCUT2D eigenvalue weighted by Crippen LogP contribution is 2.19. The number of hydrogen-bond acceptors (Lipinski definition) is 4. The summed E-state index contributed by atoms with van der Waals surface area (Å²) in [5.41, 5.74) is 2.73. The summed E-state index contributed by atoms with van der Waals surface area (Å²) < 4.78 is 13.1. The van der Waals surface area contributed by atoms with Crippen molar-refractivity contribution >= 4 is 34.5 Å². The number of aromatic amines is 1. The summed E-state index contributed by atoms with van der Waals surface area (Å²) in [5.74, 6) is -1.06. The molecule has 7 nitrogen and oxygen atoms in total. The fraction of sp³-hybridized carbons (Fsp3) is 0.250. The fourth-order valence-corrected chi connectivity index (χ4v) is 3.86. The number of piperazine rings is 1. The van der Waals surface area contributed by atoms with E-state index >= 15 is 0 Å². The second kappa shape index (κ2) is 9.65. The van der Waals surface area contributed by atoms with E-state index < -0.39 is 18.6 Å². The van der Waals surface area contributed by atoms with Gasteiger partial charge in [0.15, 0.2) is 0 Å². The van der Waals surface area contributed by atoms with Gasteiger partial charge in [-0.25, -0.2) is 4.39 Å². The van der Waals surface area contributed by atoms with Crippen molar-refractivity contribution in [1.29, 1.82) is 0 Å². The van der Waals surface area contributed by atoms with Crippen LogP contribution in [0, 0.1) is 5.82 Å². The first-order valence-corrected chi connectivity index (χ1v) is 10.5. The summed E-state index contributed by atoms with van der Waals surface area (Å²) >= 11 is 0. The second-order valence-corrected chi connectivity index (χ2v) is 7.66. The Morgan fingerprint density at radius 3 is 2.53 bits per heavy atom. The molecule has 2 heterocycles. The van der Waals surface area contributed by atoms with Gasteiger partial charge in [-0.15, -0.1) is 0 Å². The smallest absolute Gasteiger partial charge is 0.247 e. The molecule has 3 aromatic rings. The third-order valence-electron chi connectivity index (χ3n) is 5.62. The first kappa shape index (κ1) is 21.6. The average Bonchev–Trinajstić information content (AvgIpc) is 3.24. The van der Waals surface area contributed by atoms with Gasteiger partial charge < -0.3 is 25.2 Å². The quantitative estimate of drug-likeness (QED) is 0.517. The molecule has 0 spiro atoms. The highest BCUT2D eigenvalue weighted by atomic mass is 19.1. The Bertz CT molecular complexity index is 1120. The Morgan fingerprint density at radius 1 is 1.09 bits per heavy atom. The summed E-state index contributed by atoms with van der Waals surface area (Å²) in [5, 5.41) is 13.3. The van der Waals surface area contributed by atoms with Crippen LogP contribution < -0.4 is 10.2 Å². The van der Waals surface area contributed by atoms with Crippen LogP contribution in [0.1, 0.15) is 5.56 Å². The highest BCUT2D eigenvalue weighted by molar-refractivity contribution is 5.98. The van der Waals surface area contributed by atoms with Gasteiger partial charge in [-0.3, -0.25) is 9.59 Å². The predicted octanol–water partition coefficient (Wildman–Crippen LogP) is 2.15. The fourth-order valence-electron chi connectivity index (χ4n) is 3.86. The zero-order valence-electron chi connectivity index (χ0n) is 17.5.